The first kappa shape index (κ1) is 13.0. The van der Waals surface area contributed by atoms with Crippen LogP contribution in [-0.4, -0.2) is 30.2 Å². The summed E-state index contributed by atoms with van der Waals surface area (Å²) in [6, 6.07) is 1.18. The van der Waals surface area contributed by atoms with Crippen molar-refractivity contribution < 1.29 is 8.42 Å². The lowest BCUT2D eigenvalue weighted by atomic mass is 10.6. The maximum atomic E-state index is 11.7. The predicted octanol–water partition coefficient (Wildman–Crippen LogP) is 2.19. The van der Waals surface area contributed by atoms with Crippen LogP contribution in [0.3, 0.4) is 0 Å². The Morgan fingerprint density at radius 2 is 1.93 bits per heavy atom. The molecule has 0 aliphatic heterocycles. The minimum Gasteiger partial charge on any atom is -0.224 e. The predicted molar refractivity (Wildman–Crippen MR) is 59.4 cm³/mol. The third-order valence-corrected chi connectivity index (χ3v) is 4.22. The van der Waals surface area contributed by atoms with E-state index in [2.05, 4.69) is 10.2 Å². The van der Waals surface area contributed by atoms with Gasteiger partial charge in [-0.05, 0) is 12.5 Å². The molecule has 0 saturated heterocycles. The van der Waals surface area contributed by atoms with Gasteiger partial charge in [-0.25, -0.2) is 8.42 Å². The standard InChI is InChI=1S/C7H7Cl3N2O2S/c8-2-1-3-15(13,14)5-4-6(9)11-12-7(5)10/h4H,1-3H2. The van der Waals surface area contributed by atoms with Crippen molar-refractivity contribution in [2.75, 3.05) is 11.6 Å². The molecule has 0 bridgehead atoms. The zero-order chi connectivity index (χ0) is 11.5. The van der Waals surface area contributed by atoms with E-state index in [0.29, 0.717) is 6.42 Å². The number of alkyl halides is 1. The maximum Gasteiger partial charge on any atom is 0.181 e. The van der Waals surface area contributed by atoms with E-state index < -0.39 is 9.84 Å². The third-order valence-electron chi connectivity index (χ3n) is 1.57. The number of aromatic nitrogens is 2. The van der Waals surface area contributed by atoms with E-state index in [1.807, 2.05) is 0 Å². The van der Waals surface area contributed by atoms with Crippen LogP contribution in [0.2, 0.25) is 10.3 Å². The van der Waals surface area contributed by atoms with Gasteiger partial charge >= 0.3 is 0 Å². The highest BCUT2D eigenvalue weighted by molar-refractivity contribution is 7.91. The Morgan fingerprint density at radius 1 is 1.27 bits per heavy atom. The summed E-state index contributed by atoms with van der Waals surface area (Å²) >= 11 is 16.6. The molecule has 0 aliphatic rings. The van der Waals surface area contributed by atoms with Crippen molar-refractivity contribution in [1.29, 1.82) is 0 Å². The molecule has 1 aromatic rings. The van der Waals surface area contributed by atoms with Gasteiger partial charge in [-0.3, -0.25) is 0 Å². The van der Waals surface area contributed by atoms with Crippen LogP contribution in [0.1, 0.15) is 6.42 Å². The van der Waals surface area contributed by atoms with E-state index in [9.17, 15) is 8.42 Å². The van der Waals surface area contributed by atoms with Crippen molar-refractivity contribution in [1.82, 2.24) is 10.2 Å². The van der Waals surface area contributed by atoms with Gasteiger partial charge in [-0.2, -0.15) is 0 Å². The van der Waals surface area contributed by atoms with Crippen molar-refractivity contribution in [3.05, 3.63) is 16.4 Å². The van der Waals surface area contributed by atoms with Crippen LogP contribution >= 0.6 is 34.8 Å². The van der Waals surface area contributed by atoms with Crippen LogP contribution in [0.4, 0.5) is 0 Å². The molecule has 0 aliphatic carbocycles. The Bertz CT molecular complexity index is 450. The lowest BCUT2D eigenvalue weighted by Gasteiger charge is -2.04. The van der Waals surface area contributed by atoms with E-state index in [1.54, 1.807) is 0 Å². The van der Waals surface area contributed by atoms with Gasteiger partial charge in [0.15, 0.2) is 20.1 Å². The highest BCUT2D eigenvalue weighted by Crippen LogP contribution is 2.22. The van der Waals surface area contributed by atoms with Crippen molar-refractivity contribution in [2.24, 2.45) is 0 Å². The summed E-state index contributed by atoms with van der Waals surface area (Å²) < 4.78 is 23.4. The number of hydrogen-bond donors (Lipinski definition) is 0. The molecule has 8 heteroatoms. The molecule has 0 spiro atoms. The Balaban J connectivity index is 3.09. The second kappa shape index (κ2) is 5.30. The highest BCUT2D eigenvalue weighted by atomic mass is 35.5. The second-order valence-corrected chi connectivity index (χ2v) is 5.88. The molecule has 15 heavy (non-hydrogen) atoms. The minimum absolute atomic E-state index is 0.0103. The van der Waals surface area contributed by atoms with Crippen LogP contribution in [0.5, 0.6) is 0 Å². The molecule has 1 aromatic heterocycles. The molecule has 0 unspecified atom stereocenters. The first-order chi connectivity index (χ1) is 6.97. The molecule has 0 saturated carbocycles. The van der Waals surface area contributed by atoms with Gasteiger partial charge in [0.25, 0.3) is 0 Å². The zero-order valence-corrected chi connectivity index (χ0v) is 10.5. The van der Waals surface area contributed by atoms with E-state index in [-0.39, 0.29) is 26.8 Å². The number of sulfone groups is 1. The summed E-state index contributed by atoms with van der Waals surface area (Å²) in [7, 11) is -3.48. The molecule has 0 aromatic carbocycles. The summed E-state index contributed by atoms with van der Waals surface area (Å²) in [5.74, 6) is 0.182. The fourth-order valence-corrected chi connectivity index (χ4v) is 3.19. The van der Waals surface area contributed by atoms with E-state index in [1.165, 1.54) is 6.07 Å². The molecule has 1 heterocycles. The van der Waals surface area contributed by atoms with Crippen molar-refractivity contribution >= 4 is 44.6 Å². The first-order valence-electron chi connectivity index (χ1n) is 3.95. The third kappa shape index (κ3) is 3.45. The Labute approximate surface area is 102 Å². The summed E-state index contributed by atoms with van der Waals surface area (Å²) in [5, 5.41) is 6.67. The van der Waals surface area contributed by atoms with E-state index >= 15 is 0 Å². The number of rotatable bonds is 4. The largest absolute Gasteiger partial charge is 0.224 e. The fraction of sp³-hybridized carbons (Fsp3) is 0.429. The fourth-order valence-electron chi connectivity index (χ4n) is 0.910. The van der Waals surface area contributed by atoms with Gasteiger partial charge < -0.3 is 0 Å². The van der Waals surface area contributed by atoms with E-state index in [4.69, 9.17) is 34.8 Å². The average molecular weight is 290 g/mol. The second-order valence-electron chi connectivity index (χ2n) is 2.68. The van der Waals surface area contributed by atoms with Crippen LogP contribution in [-0.2, 0) is 9.84 Å². The number of hydrogen-bond acceptors (Lipinski definition) is 4. The molecule has 0 radical (unpaired) electrons. The molecular weight excluding hydrogens is 283 g/mol. The number of halogens is 3. The van der Waals surface area contributed by atoms with Crippen molar-refractivity contribution in [3.8, 4) is 0 Å². The maximum absolute atomic E-state index is 11.7. The lowest BCUT2D eigenvalue weighted by molar-refractivity contribution is 0.594. The average Bonchev–Trinajstić information content (AvgIpc) is 2.18. The van der Waals surface area contributed by atoms with Crippen LogP contribution in [0, 0.1) is 0 Å². The van der Waals surface area contributed by atoms with Gasteiger partial charge in [0.2, 0.25) is 0 Å². The van der Waals surface area contributed by atoms with Crippen LogP contribution in [0.25, 0.3) is 0 Å². The normalized spacial score (nSPS) is 11.7. The summed E-state index contributed by atoms with van der Waals surface area (Å²) in [4.78, 5) is -0.103. The molecule has 0 atom stereocenters. The summed E-state index contributed by atoms with van der Waals surface area (Å²) in [6.45, 7) is 0. The number of nitrogens with zero attached hydrogens (tertiary/aromatic N) is 2. The molecule has 0 N–H and O–H groups in total. The summed E-state index contributed by atoms with van der Waals surface area (Å²) in [6.07, 6.45) is 0.347. The summed E-state index contributed by atoms with van der Waals surface area (Å²) in [5.41, 5.74) is 0. The molecule has 1 rings (SSSR count). The topological polar surface area (TPSA) is 59.9 Å². The van der Waals surface area contributed by atoms with Crippen molar-refractivity contribution in [3.63, 3.8) is 0 Å². The van der Waals surface area contributed by atoms with Crippen LogP contribution < -0.4 is 0 Å². The zero-order valence-electron chi connectivity index (χ0n) is 7.45. The van der Waals surface area contributed by atoms with Gasteiger partial charge in [0.1, 0.15) is 4.90 Å². The Hall–Kier alpha value is -0.100. The molecule has 84 valence electrons. The van der Waals surface area contributed by atoms with Crippen LogP contribution in [0.15, 0.2) is 11.0 Å². The van der Waals surface area contributed by atoms with Gasteiger partial charge in [-0.1, -0.05) is 23.2 Å². The Morgan fingerprint density at radius 3 is 2.53 bits per heavy atom. The monoisotopic (exact) mass is 288 g/mol. The minimum atomic E-state index is -3.48. The smallest absolute Gasteiger partial charge is 0.181 e. The van der Waals surface area contributed by atoms with Gasteiger partial charge in [-0.15, -0.1) is 21.8 Å². The highest BCUT2D eigenvalue weighted by Gasteiger charge is 2.19. The first-order valence-corrected chi connectivity index (χ1v) is 6.89. The molecule has 0 amide bonds. The quantitative estimate of drug-likeness (QED) is 0.797. The molecule has 0 fully saturated rings. The molecular formula is C7H7Cl3N2O2S. The van der Waals surface area contributed by atoms with Gasteiger partial charge in [0.05, 0.1) is 5.75 Å². The van der Waals surface area contributed by atoms with Gasteiger partial charge in [0, 0.05) is 5.88 Å². The van der Waals surface area contributed by atoms with Crippen molar-refractivity contribution in [2.45, 2.75) is 11.3 Å². The Kier molecular flexibility index (Phi) is 4.58. The lowest BCUT2D eigenvalue weighted by Crippen LogP contribution is -2.09. The molecule has 4 nitrogen and oxygen atoms in total. The SMILES string of the molecule is O=S(=O)(CCCCl)c1cc(Cl)nnc1Cl. The van der Waals surface area contributed by atoms with E-state index in [0.717, 1.165) is 0 Å².